The number of hydrogen-bond acceptors (Lipinski definition) is 3. The SMILES string of the molecule is Brc1ccc2c(c1)[C@@H]1CC(c3ccc4ccccc4c3)=NN1[C@H](C1CCCCC1)O2. The average Bonchev–Trinajstić information content (AvgIpc) is 3.25. The molecule has 6 rings (SSSR count). The summed E-state index contributed by atoms with van der Waals surface area (Å²) in [5.41, 5.74) is 3.64. The summed E-state index contributed by atoms with van der Waals surface area (Å²) in [5.74, 6) is 1.59. The molecule has 3 nitrogen and oxygen atoms in total. The Morgan fingerprint density at radius 3 is 2.60 bits per heavy atom. The van der Waals surface area contributed by atoms with Crippen LogP contribution in [0.4, 0.5) is 0 Å². The lowest BCUT2D eigenvalue weighted by atomic mass is 9.86. The molecule has 3 aromatic carbocycles. The molecular formula is C26H25BrN2O. The van der Waals surface area contributed by atoms with Crippen molar-refractivity contribution in [2.75, 3.05) is 0 Å². The number of nitrogens with zero attached hydrogens (tertiary/aromatic N) is 2. The molecule has 3 aromatic rings. The van der Waals surface area contributed by atoms with Gasteiger partial charge in [-0.25, -0.2) is 5.01 Å². The highest BCUT2D eigenvalue weighted by Crippen LogP contribution is 2.47. The zero-order valence-electron chi connectivity index (χ0n) is 16.9. The van der Waals surface area contributed by atoms with E-state index >= 15 is 0 Å². The van der Waals surface area contributed by atoms with Crippen molar-refractivity contribution >= 4 is 32.4 Å². The van der Waals surface area contributed by atoms with Gasteiger partial charge in [-0.3, -0.25) is 0 Å². The van der Waals surface area contributed by atoms with E-state index in [2.05, 4.69) is 81.6 Å². The minimum absolute atomic E-state index is 0.0435. The van der Waals surface area contributed by atoms with E-state index < -0.39 is 0 Å². The van der Waals surface area contributed by atoms with Crippen LogP contribution in [-0.2, 0) is 0 Å². The molecule has 0 saturated heterocycles. The monoisotopic (exact) mass is 460 g/mol. The third-order valence-electron chi connectivity index (χ3n) is 6.92. The number of ether oxygens (including phenoxy) is 1. The first-order valence-electron chi connectivity index (χ1n) is 11.1. The molecule has 3 aliphatic rings. The Hall–Kier alpha value is -2.33. The van der Waals surface area contributed by atoms with Crippen molar-refractivity contribution < 1.29 is 4.74 Å². The Morgan fingerprint density at radius 1 is 0.900 bits per heavy atom. The standard InChI is InChI=1S/C26H25BrN2O/c27-21-12-13-25-22(15-21)24-16-23(20-11-10-17-6-4-5-9-19(17)14-20)28-29(24)26(30-25)18-7-2-1-3-8-18/h4-6,9-15,18,24,26H,1-3,7-8,16H2/t24-,26-/m0/s1. The summed E-state index contributed by atoms with van der Waals surface area (Å²) < 4.78 is 7.69. The second kappa shape index (κ2) is 7.42. The van der Waals surface area contributed by atoms with Crippen LogP contribution in [0.3, 0.4) is 0 Å². The highest BCUT2D eigenvalue weighted by atomic mass is 79.9. The summed E-state index contributed by atoms with van der Waals surface area (Å²) >= 11 is 3.65. The van der Waals surface area contributed by atoms with Crippen LogP contribution in [-0.4, -0.2) is 16.9 Å². The van der Waals surface area contributed by atoms with Crippen LogP contribution in [0.1, 0.15) is 55.7 Å². The molecule has 1 aliphatic carbocycles. The molecule has 0 spiro atoms. The quantitative estimate of drug-likeness (QED) is 0.409. The number of fused-ring (bicyclic) bond motifs is 4. The van der Waals surface area contributed by atoms with Gasteiger partial charge >= 0.3 is 0 Å². The van der Waals surface area contributed by atoms with Gasteiger partial charge in [-0.05, 0) is 53.4 Å². The molecule has 2 aliphatic heterocycles. The zero-order valence-corrected chi connectivity index (χ0v) is 18.5. The van der Waals surface area contributed by atoms with Crippen molar-refractivity contribution in [1.82, 2.24) is 5.01 Å². The average molecular weight is 461 g/mol. The molecule has 0 unspecified atom stereocenters. The van der Waals surface area contributed by atoms with Crippen molar-refractivity contribution in [2.45, 2.75) is 50.8 Å². The van der Waals surface area contributed by atoms with E-state index in [1.807, 2.05) is 0 Å². The number of hydrogen-bond donors (Lipinski definition) is 0. The van der Waals surface area contributed by atoms with Crippen molar-refractivity contribution in [3.8, 4) is 5.75 Å². The van der Waals surface area contributed by atoms with Gasteiger partial charge in [-0.15, -0.1) is 0 Å². The van der Waals surface area contributed by atoms with Gasteiger partial charge in [0.1, 0.15) is 5.75 Å². The van der Waals surface area contributed by atoms with Crippen LogP contribution in [0, 0.1) is 5.92 Å². The second-order valence-corrected chi connectivity index (χ2v) is 9.71. The van der Waals surface area contributed by atoms with Gasteiger partial charge in [-0.1, -0.05) is 71.6 Å². The molecule has 2 heterocycles. The Labute approximate surface area is 185 Å². The summed E-state index contributed by atoms with van der Waals surface area (Å²) in [5, 5.41) is 10.0. The zero-order chi connectivity index (χ0) is 20.1. The molecule has 1 saturated carbocycles. The molecule has 1 fully saturated rings. The number of rotatable bonds is 2. The van der Waals surface area contributed by atoms with Crippen LogP contribution in [0.5, 0.6) is 5.75 Å². The molecule has 0 aromatic heterocycles. The fourth-order valence-corrected chi connectivity index (χ4v) is 5.74. The molecule has 0 amide bonds. The van der Waals surface area contributed by atoms with Crippen LogP contribution in [0.15, 0.2) is 70.2 Å². The second-order valence-electron chi connectivity index (χ2n) is 8.80. The first-order chi connectivity index (χ1) is 14.8. The summed E-state index contributed by atoms with van der Waals surface area (Å²) in [6.45, 7) is 0. The van der Waals surface area contributed by atoms with E-state index in [1.165, 1.54) is 59.7 Å². The van der Waals surface area contributed by atoms with Gasteiger partial charge in [0.05, 0.1) is 11.8 Å². The molecule has 2 atom stereocenters. The molecular weight excluding hydrogens is 436 g/mol. The van der Waals surface area contributed by atoms with Crippen LogP contribution in [0.25, 0.3) is 10.8 Å². The van der Waals surface area contributed by atoms with E-state index in [0.29, 0.717) is 5.92 Å². The van der Waals surface area contributed by atoms with Gasteiger partial charge < -0.3 is 4.74 Å². The maximum absolute atomic E-state index is 6.59. The maximum Gasteiger partial charge on any atom is 0.190 e. The van der Waals surface area contributed by atoms with E-state index in [9.17, 15) is 0 Å². The van der Waals surface area contributed by atoms with Gasteiger partial charge in [0.2, 0.25) is 0 Å². The largest absolute Gasteiger partial charge is 0.468 e. The molecule has 152 valence electrons. The lowest BCUT2D eigenvalue weighted by Crippen LogP contribution is -2.45. The van der Waals surface area contributed by atoms with Crippen LogP contribution >= 0.6 is 15.9 Å². The van der Waals surface area contributed by atoms with Gasteiger partial charge in [-0.2, -0.15) is 5.10 Å². The van der Waals surface area contributed by atoms with Crippen LogP contribution in [0.2, 0.25) is 0 Å². The van der Waals surface area contributed by atoms with E-state index in [0.717, 1.165) is 16.6 Å². The van der Waals surface area contributed by atoms with Crippen LogP contribution < -0.4 is 4.74 Å². The third-order valence-corrected chi connectivity index (χ3v) is 7.41. The fraction of sp³-hybridized carbons (Fsp3) is 0.346. The molecule has 0 bridgehead atoms. The summed E-state index contributed by atoms with van der Waals surface area (Å²) in [7, 11) is 0. The van der Waals surface area contributed by atoms with Gasteiger partial charge in [0, 0.05) is 22.4 Å². The van der Waals surface area contributed by atoms with Crippen molar-refractivity contribution in [2.24, 2.45) is 11.0 Å². The molecule has 0 radical (unpaired) electrons. The lowest BCUT2D eigenvalue weighted by Gasteiger charge is -2.42. The molecule has 4 heteroatoms. The first kappa shape index (κ1) is 18.4. The van der Waals surface area contributed by atoms with Crippen molar-refractivity contribution in [1.29, 1.82) is 0 Å². The third kappa shape index (κ3) is 3.13. The van der Waals surface area contributed by atoms with E-state index in [1.54, 1.807) is 0 Å². The Balaban J connectivity index is 1.41. The highest BCUT2D eigenvalue weighted by Gasteiger charge is 2.43. The van der Waals surface area contributed by atoms with Gasteiger partial charge in [0.15, 0.2) is 6.23 Å². The summed E-state index contributed by atoms with van der Waals surface area (Å²) in [6.07, 6.45) is 7.40. The van der Waals surface area contributed by atoms with Crippen molar-refractivity contribution in [3.63, 3.8) is 0 Å². The number of hydrazone groups is 1. The van der Waals surface area contributed by atoms with E-state index in [-0.39, 0.29) is 12.3 Å². The van der Waals surface area contributed by atoms with Gasteiger partial charge in [0.25, 0.3) is 0 Å². The van der Waals surface area contributed by atoms with Crippen molar-refractivity contribution in [3.05, 3.63) is 76.3 Å². The molecule has 0 N–H and O–H groups in total. The Morgan fingerprint density at radius 2 is 1.73 bits per heavy atom. The number of halogens is 1. The predicted molar refractivity (Wildman–Crippen MR) is 125 cm³/mol. The lowest BCUT2D eigenvalue weighted by molar-refractivity contribution is -0.0644. The van der Waals surface area contributed by atoms with E-state index in [4.69, 9.17) is 9.84 Å². The summed E-state index contributed by atoms with van der Waals surface area (Å²) in [4.78, 5) is 0. The predicted octanol–water partition coefficient (Wildman–Crippen LogP) is 7.05. The Bertz CT molecular complexity index is 1130. The minimum Gasteiger partial charge on any atom is -0.468 e. The fourth-order valence-electron chi connectivity index (χ4n) is 5.36. The Kier molecular flexibility index (Phi) is 4.56. The topological polar surface area (TPSA) is 24.8 Å². The smallest absolute Gasteiger partial charge is 0.190 e. The normalized spacial score (nSPS) is 23.6. The maximum atomic E-state index is 6.59. The minimum atomic E-state index is 0.0435. The highest BCUT2D eigenvalue weighted by molar-refractivity contribution is 9.10. The number of benzene rings is 3. The summed E-state index contributed by atoms with van der Waals surface area (Å²) in [6, 6.07) is 21.9. The molecule has 30 heavy (non-hydrogen) atoms. The first-order valence-corrected chi connectivity index (χ1v) is 11.9.